The van der Waals surface area contributed by atoms with E-state index in [0.717, 1.165) is 6.42 Å². The second kappa shape index (κ2) is 4.97. The molecule has 0 bridgehead atoms. The largest absolute Gasteiger partial charge is 0.338 e. The van der Waals surface area contributed by atoms with E-state index in [1.807, 2.05) is 6.92 Å². The Morgan fingerprint density at radius 1 is 1.58 bits per heavy atom. The number of nitro benzene ring substituents is 1. The van der Waals surface area contributed by atoms with Crippen molar-refractivity contribution < 1.29 is 9.72 Å². The quantitative estimate of drug-likeness (QED) is 0.659. The molecular formula is C13H17N3O3. The van der Waals surface area contributed by atoms with Crippen molar-refractivity contribution in [3.63, 3.8) is 0 Å². The lowest BCUT2D eigenvalue weighted by Gasteiger charge is -2.22. The van der Waals surface area contributed by atoms with Gasteiger partial charge in [0.15, 0.2) is 0 Å². The topological polar surface area (TPSA) is 89.5 Å². The van der Waals surface area contributed by atoms with Crippen molar-refractivity contribution in [1.82, 2.24) is 4.90 Å². The number of nitro groups is 1. The van der Waals surface area contributed by atoms with Crippen molar-refractivity contribution in [2.45, 2.75) is 13.3 Å². The van der Waals surface area contributed by atoms with Gasteiger partial charge in [0, 0.05) is 30.8 Å². The van der Waals surface area contributed by atoms with Crippen LogP contribution in [0.5, 0.6) is 0 Å². The highest BCUT2D eigenvalue weighted by atomic mass is 16.6. The maximum atomic E-state index is 12.3. The van der Waals surface area contributed by atoms with E-state index in [0.29, 0.717) is 25.2 Å². The summed E-state index contributed by atoms with van der Waals surface area (Å²) in [5.41, 5.74) is 5.95. The smallest absolute Gasteiger partial charge is 0.270 e. The highest BCUT2D eigenvalue weighted by Crippen LogP contribution is 2.29. The second-order valence-electron chi connectivity index (χ2n) is 5.30. The molecule has 6 heteroatoms. The normalized spacial score (nSPS) is 22.5. The summed E-state index contributed by atoms with van der Waals surface area (Å²) < 4.78 is 0. The molecule has 0 saturated carbocycles. The van der Waals surface area contributed by atoms with Crippen molar-refractivity contribution in [2.75, 3.05) is 19.6 Å². The van der Waals surface area contributed by atoms with Gasteiger partial charge < -0.3 is 10.6 Å². The Labute approximate surface area is 111 Å². The third-order valence-electron chi connectivity index (χ3n) is 3.64. The van der Waals surface area contributed by atoms with Gasteiger partial charge in [0.05, 0.1) is 4.92 Å². The second-order valence-corrected chi connectivity index (χ2v) is 5.30. The first-order valence-electron chi connectivity index (χ1n) is 6.19. The third kappa shape index (κ3) is 2.73. The minimum absolute atomic E-state index is 0.0453. The predicted octanol–water partition coefficient (Wildman–Crippen LogP) is 1.41. The summed E-state index contributed by atoms with van der Waals surface area (Å²) in [6.07, 6.45) is 0.865. The van der Waals surface area contributed by atoms with Crippen molar-refractivity contribution >= 4 is 11.6 Å². The average Bonchev–Trinajstić information content (AvgIpc) is 2.81. The number of rotatable bonds is 3. The van der Waals surface area contributed by atoms with Crippen LogP contribution in [0.4, 0.5) is 5.69 Å². The monoisotopic (exact) mass is 263 g/mol. The zero-order valence-corrected chi connectivity index (χ0v) is 10.8. The zero-order chi connectivity index (χ0) is 14.0. The summed E-state index contributed by atoms with van der Waals surface area (Å²) >= 11 is 0. The van der Waals surface area contributed by atoms with Gasteiger partial charge in [-0.3, -0.25) is 14.9 Å². The molecule has 19 heavy (non-hydrogen) atoms. The molecule has 0 radical (unpaired) electrons. The molecule has 1 unspecified atom stereocenters. The number of nitrogens with zero attached hydrogens (tertiary/aromatic N) is 2. The van der Waals surface area contributed by atoms with Crippen LogP contribution in [-0.2, 0) is 0 Å². The number of benzene rings is 1. The predicted molar refractivity (Wildman–Crippen MR) is 70.8 cm³/mol. The van der Waals surface area contributed by atoms with Crippen LogP contribution in [0, 0.1) is 15.5 Å². The Bertz CT molecular complexity index is 518. The molecule has 2 rings (SSSR count). The van der Waals surface area contributed by atoms with Crippen molar-refractivity contribution in [3.8, 4) is 0 Å². The van der Waals surface area contributed by atoms with E-state index in [2.05, 4.69) is 0 Å². The molecule has 1 atom stereocenters. The Morgan fingerprint density at radius 2 is 2.32 bits per heavy atom. The van der Waals surface area contributed by atoms with E-state index < -0.39 is 4.92 Å². The molecule has 6 nitrogen and oxygen atoms in total. The maximum absolute atomic E-state index is 12.3. The molecule has 1 aromatic rings. The summed E-state index contributed by atoms with van der Waals surface area (Å²) in [7, 11) is 0. The molecule has 1 aromatic carbocycles. The first-order valence-corrected chi connectivity index (χ1v) is 6.19. The fourth-order valence-corrected chi connectivity index (χ4v) is 2.30. The van der Waals surface area contributed by atoms with Gasteiger partial charge in [0.25, 0.3) is 11.6 Å². The zero-order valence-electron chi connectivity index (χ0n) is 10.8. The van der Waals surface area contributed by atoms with Gasteiger partial charge in [-0.2, -0.15) is 0 Å². The Kier molecular flexibility index (Phi) is 3.53. The summed E-state index contributed by atoms with van der Waals surface area (Å²) in [6.45, 7) is 3.83. The minimum atomic E-state index is -0.495. The molecule has 0 aromatic heterocycles. The average molecular weight is 263 g/mol. The standard InChI is InChI=1S/C13H17N3O3/c1-13(8-14)5-6-15(9-13)12(17)10-3-2-4-11(7-10)16(18)19/h2-4,7H,5-6,8-9,14H2,1H3. The van der Waals surface area contributed by atoms with E-state index in [1.54, 1.807) is 11.0 Å². The lowest BCUT2D eigenvalue weighted by atomic mass is 9.90. The number of carbonyl (C=O) groups is 1. The molecule has 1 aliphatic rings. The van der Waals surface area contributed by atoms with E-state index >= 15 is 0 Å². The van der Waals surface area contributed by atoms with Gasteiger partial charge >= 0.3 is 0 Å². The van der Waals surface area contributed by atoms with E-state index in [9.17, 15) is 14.9 Å². The molecule has 2 N–H and O–H groups in total. The van der Waals surface area contributed by atoms with Crippen LogP contribution in [0.3, 0.4) is 0 Å². The van der Waals surface area contributed by atoms with Crippen LogP contribution in [0.1, 0.15) is 23.7 Å². The van der Waals surface area contributed by atoms with Gasteiger partial charge in [0.1, 0.15) is 0 Å². The van der Waals surface area contributed by atoms with Crippen LogP contribution >= 0.6 is 0 Å². The molecule has 102 valence electrons. The van der Waals surface area contributed by atoms with Crippen LogP contribution < -0.4 is 5.73 Å². The number of non-ortho nitro benzene ring substituents is 1. The Morgan fingerprint density at radius 3 is 2.89 bits per heavy atom. The maximum Gasteiger partial charge on any atom is 0.270 e. The molecule has 0 aliphatic carbocycles. The molecule has 1 aliphatic heterocycles. The van der Waals surface area contributed by atoms with Crippen LogP contribution in [-0.4, -0.2) is 35.4 Å². The summed E-state index contributed by atoms with van der Waals surface area (Å²) in [5.74, 6) is -0.166. The lowest BCUT2D eigenvalue weighted by Crippen LogP contribution is -2.34. The summed E-state index contributed by atoms with van der Waals surface area (Å²) in [6, 6.07) is 5.84. The SMILES string of the molecule is CC1(CN)CCN(C(=O)c2cccc([N+](=O)[O-])c2)C1. The molecule has 1 fully saturated rings. The molecular weight excluding hydrogens is 246 g/mol. The van der Waals surface area contributed by atoms with Crippen LogP contribution in [0.2, 0.25) is 0 Å². The van der Waals surface area contributed by atoms with Crippen LogP contribution in [0.25, 0.3) is 0 Å². The van der Waals surface area contributed by atoms with Gasteiger partial charge in [-0.15, -0.1) is 0 Å². The number of likely N-dealkylation sites (tertiary alicyclic amines) is 1. The first kappa shape index (κ1) is 13.5. The Balaban J connectivity index is 2.17. The van der Waals surface area contributed by atoms with Crippen molar-refractivity contribution in [2.24, 2.45) is 11.1 Å². The Hall–Kier alpha value is -1.95. The van der Waals surface area contributed by atoms with Crippen molar-refractivity contribution in [1.29, 1.82) is 0 Å². The fraction of sp³-hybridized carbons (Fsp3) is 0.462. The minimum Gasteiger partial charge on any atom is -0.338 e. The number of amides is 1. The van der Waals surface area contributed by atoms with Gasteiger partial charge in [-0.05, 0) is 24.4 Å². The number of carbonyl (C=O) groups excluding carboxylic acids is 1. The van der Waals surface area contributed by atoms with E-state index in [4.69, 9.17) is 5.73 Å². The summed E-state index contributed by atoms with van der Waals surface area (Å²) in [5, 5.41) is 10.7. The van der Waals surface area contributed by atoms with Crippen LogP contribution in [0.15, 0.2) is 24.3 Å². The number of hydrogen-bond donors (Lipinski definition) is 1. The summed E-state index contributed by atoms with van der Waals surface area (Å²) in [4.78, 5) is 24.2. The highest BCUT2D eigenvalue weighted by molar-refractivity contribution is 5.95. The fourth-order valence-electron chi connectivity index (χ4n) is 2.30. The number of nitrogens with two attached hydrogens (primary N) is 1. The number of hydrogen-bond acceptors (Lipinski definition) is 4. The highest BCUT2D eigenvalue weighted by Gasteiger charge is 2.35. The lowest BCUT2D eigenvalue weighted by molar-refractivity contribution is -0.384. The van der Waals surface area contributed by atoms with Gasteiger partial charge in [0.2, 0.25) is 0 Å². The van der Waals surface area contributed by atoms with E-state index in [-0.39, 0.29) is 17.0 Å². The first-order chi connectivity index (χ1) is 8.95. The molecule has 1 amide bonds. The van der Waals surface area contributed by atoms with E-state index in [1.165, 1.54) is 18.2 Å². The molecule has 1 heterocycles. The molecule has 0 spiro atoms. The third-order valence-corrected chi connectivity index (χ3v) is 3.64. The van der Waals surface area contributed by atoms with Gasteiger partial charge in [-0.1, -0.05) is 13.0 Å². The molecule has 1 saturated heterocycles. The van der Waals surface area contributed by atoms with Crippen molar-refractivity contribution in [3.05, 3.63) is 39.9 Å². The van der Waals surface area contributed by atoms with Gasteiger partial charge in [-0.25, -0.2) is 0 Å².